The number of amides is 1. The third-order valence-electron chi connectivity index (χ3n) is 2.76. The number of thioether (sulfide) groups is 1. The van der Waals surface area contributed by atoms with Crippen LogP contribution in [0, 0.1) is 5.92 Å². The summed E-state index contributed by atoms with van der Waals surface area (Å²) < 4.78 is 0. The van der Waals surface area contributed by atoms with Gasteiger partial charge in [0.2, 0.25) is 5.91 Å². The van der Waals surface area contributed by atoms with Crippen LogP contribution in [0.15, 0.2) is 24.5 Å². The highest BCUT2D eigenvalue weighted by Gasteiger charge is 2.09. The van der Waals surface area contributed by atoms with Crippen LogP contribution >= 0.6 is 11.8 Å². The van der Waals surface area contributed by atoms with Gasteiger partial charge in [-0.15, -0.1) is 11.8 Å². The molecule has 1 unspecified atom stereocenters. The van der Waals surface area contributed by atoms with E-state index >= 15 is 0 Å². The molecule has 2 N–H and O–H groups in total. The molecule has 1 heterocycles. The maximum absolute atomic E-state index is 11.6. The van der Waals surface area contributed by atoms with Crippen LogP contribution in [0.4, 0.5) is 0 Å². The van der Waals surface area contributed by atoms with Crippen molar-refractivity contribution in [2.75, 3.05) is 12.3 Å². The van der Waals surface area contributed by atoms with Crippen molar-refractivity contribution in [3.05, 3.63) is 30.1 Å². The Bertz CT molecular complexity index is 371. The summed E-state index contributed by atoms with van der Waals surface area (Å²) in [5.41, 5.74) is 1.12. The van der Waals surface area contributed by atoms with Crippen molar-refractivity contribution >= 4 is 17.7 Å². The van der Waals surface area contributed by atoms with Crippen molar-refractivity contribution in [1.29, 1.82) is 0 Å². The molecule has 0 aliphatic rings. The number of hydrogen-bond acceptors (Lipinski definition) is 4. The van der Waals surface area contributed by atoms with Crippen LogP contribution in [0.2, 0.25) is 0 Å². The van der Waals surface area contributed by atoms with Crippen molar-refractivity contribution in [3.8, 4) is 0 Å². The number of hydrogen-bond donors (Lipinski definition) is 2. The Morgan fingerprint density at radius 1 is 1.53 bits per heavy atom. The van der Waals surface area contributed by atoms with Gasteiger partial charge in [-0.1, -0.05) is 19.9 Å². The number of nitrogens with one attached hydrogen (secondary N) is 1. The third-order valence-corrected chi connectivity index (χ3v) is 3.76. The Morgan fingerprint density at radius 3 is 2.95 bits per heavy atom. The number of rotatable bonds is 8. The molecule has 19 heavy (non-hydrogen) atoms. The van der Waals surface area contributed by atoms with Gasteiger partial charge in [0.25, 0.3) is 0 Å². The predicted molar refractivity (Wildman–Crippen MR) is 78.9 cm³/mol. The lowest BCUT2D eigenvalue weighted by molar-refractivity contribution is -0.118. The second-order valence-corrected chi connectivity index (χ2v) is 5.79. The minimum Gasteiger partial charge on any atom is -0.393 e. The fraction of sp³-hybridized carbons (Fsp3) is 0.571. The Kier molecular flexibility index (Phi) is 7.52. The molecule has 0 aliphatic heterocycles. The monoisotopic (exact) mass is 282 g/mol. The second-order valence-electron chi connectivity index (χ2n) is 4.80. The van der Waals surface area contributed by atoms with E-state index in [0.717, 1.165) is 11.3 Å². The largest absolute Gasteiger partial charge is 0.393 e. The summed E-state index contributed by atoms with van der Waals surface area (Å²) in [7, 11) is 0. The average Bonchev–Trinajstić information content (AvgIpc) is 2.39. The topological polar surface area (TPSA) is 62.2 Å². The van der Waals surface area contributed by atoms with Gasteiger partial charge in [-0.05, 0) is 24.0 Å². The maximum Gasteiger partial charge on any atom is 0.230 e. The second kappa shape index (κ2) is 8.93. The van der Waals surface area contributed by atoms with Crippen molar-refractivity contribution in [2.24, 2.45) is 5.92 Å². The molecule has 0 aromatic carbocycles. The van der Waals surface area contributed by atoms with E-state index in [1.54, 1.807) is 18.0 Å². The number of pyridine rings is 1. The van der Waals surface area contributed by atoms with E-state index in [1.807, 2.05) is 32.2 Å². The van der Waals surface area contributed by atoms with Gasteiger partial charge in [0.05, 0.1) is 11.9 Å². The van der Waals surface area contributed by atoms with E-state index in [-0.39, 0.29) is 17.9 Å². The molecule has 1 aromatic heterocycles. The number of aromatic nitrogens is 1. The Morgan fingerprint density at radius 2 is 2.32 bits per heavy atom. The summed E-state index contributed by atoms with van der Waals surface area (Å²) in [6.07, 6.45) is 3.81. The van der Waals surface area contributed by atoms with E-state index in [4.69, 9.17) is 0 Å². The zero-order chi connectivity index (χ0) is 14.1. The van der Waals surface area contributed by atoms with Gasteiger partial charge >= 0.3 is 0 Å². The summed E-state index contributed by atoms with van der Waals surface area (Å²) in [4.78, 5) is 15.6. The molecule has 0 spiro atoms. The zero-order valence-electron chi connectivity index (χ0n) is 11.5. The van der Waals surface area contributed by atoms with Crippen LogP contribution in [0.25, 0.3) is 0 Å². The van der Waals surface area contributed by atoms with Crippen molar-refractivity contribution in [3.63, 3.8) is 0 Å². The number of carbonyl (C=O) groups excluding carboxylic acids is 1. The summed E-state index contributed by atoms with van der Waals surface area (Å²) >= 11 is 1.57. The van der Waals surface area contributed by atoms with Gasteiger partial charge in [0, 0.05) is 24.7 Å². The number of aliphatic hydroxyl groups is 1. The van der Waals surface area contributed by atoms with Gasteiger partial charge in [0.1, 0.15) is 0 Å². The third kappa shape index (κ3) is 7.18. The molecule has 0 bridgehead atoms. The maximum atomic E-state index is 11.6. The number of aliphatic hydroxyl groups excluding tert-OH is 1. The lowest BCUT2D eigenvalue weighted by atomic mass is 10.0. The van der Waals surface area contributed by atoms with Crippen molar-refractivity contribution in [2.45, 2.75) is 32.1 Å². The Labute approximate surface area is 119 Å². The van der Waals surface area contributed by atoms with Gasteiger partial charge in [-0.25, -0.2) is 0 Å². The molecular formula is C14H22N2O2S. The van der Waals surface area contributed by atoms with Gasteiger partial charge in [0.15, 0.2) is 0 Å². The van der Waals surface area contributed by atoms with Crippen LogP contribution in [0.1, 0.15) is 25.8 Å². The van der Waals surface area contributed by atoms with Crippen LogP contribution in [0.5, 0.6) is 0 Å². The molecule has 1 rings (SSSR count). The van der Waals surface area contributed by atoms with Gasteiger partial charge in [-0.3, -0.25) is 9.78 Å². The molecule has 1 amide bonds. The minimum atomic E-state index is -0.344. The highest BCUT2D eigenvalue weighted by molar-refractivity contribution is 7.99. The van der Waals surface area contributed by atoms with E-state index < -0.39 is 0 Å². The highest BCUT2D eigenvalue weighted by atomic mass is 32.2. The molecule has 0 saturated heterocycles. The normalized spacial score (nSPS) is 12.4. The number of carbonyl (C=O) groups is 1. The van der Waals surface area contributed by atoms with Crippen LogP contribution in [0.3, 0.4) is 0 Å². The molecule has 106 valence electrons. The first-order chi connectivity index (χ1) is 9.09. The lowest BCUT2D eigenvalue weighted by Gasteiger charge is -2.14. The molecule has 1 aromatic rings. The van der Waals surface area contributed by atoms with Crippen molar-refractivity contribution < 1.29 is 9.90 Å². The Balaban J connectivity index is 2.08. The standard InChI is InChI=1S/C14H22N2O2S/c1-11(2)13(17)5-7-16-14(18)10-19-9-12-4-3-6-15-8-12/h3-4,6,8,11,13,17H,5,7,9-10H2,1-2H3,(H,16,18). The van der Waals surface area contributed by atoms with E-state index in [1.165, 1.54) is 0 Å². The lowest BCUT2D eigenvalue weighted by Crippen LogP contribution is -2.29. The molecule has 0 aliphatic carbocycles. The van der Waals surface area contributed by atoms with Crippen LogP contribution in [-0.4, -0.2) is 34.4 Å². The molecule has 0 saturated carbocycles. The summed E-state index contributed by atoms with van der Waals surface area (Å²) in [5.74, 6) is 1.48. The highest BCUT2D eigenvalue weighted by Crippen LogP contribution is 2.10. The van der Waals surface area contributed by atoms with Crippen LogP contribution in [-0.2, 0) is 10.5 Å². The quantitative estimate of drug-likeness (QED) is 0.764. The molecular weight excluding hydrogens is 260 g/mol. The zero-order valence-corrected chi connectivity index (χ0v) is 12.3. The fourth-order valence-electron chi connectivity index (χ4n) is 1.49. The molecule has 1 atom stereocenters. The first kappa shape index (κ1) is 16.0. The molecule has 4 nitrogen and oxygen atoms in total. The molecule has 5 heteroatoms. The summed E-state index contributed by atoms with van der Waals surface area (Å²) in [6, 6.07) is 3.89. The SMILES string of the molecule is CC(C)C(O)CCNC(=O)CSCc1cccnc1. The summed E-state index contributed by atoms with van der Waals surface area (Å²) in [5, 5.41) is 12.4. The minimum absolute atomic E-state index is 0.0184. The fourth-order valence-corrected chi connectivity index (χ4v) is 2.28. The smallest absolute Gasteiger partial charge is 0.230 e. The molecule has 0 radical (unpaired) electrons. The van der Waals surface area contributed by atoms with E-state index in [0.29, 0.717) is 18.7 Å². The summed E-state index contributed by atoms with van der Waals surface area (Å²) in [6.45, 7) is 4.47. The van der Waals surface area contributed by atoms with Gasteiger partial charge in [-0.2, -0.15) is 0 Å². The first-order valence-corrected chi connectivity index (χ1v) is 7.66. The average molecular weight is 282 g/mol. The van der Waals surface area contributed by atoms with Gasteiger partial charge < -0.3 is 10.4 Å². The van der Waals surface area contributed by atoms with Crippen molar-refractivity contribution in [1.82, 2.24) is 10.3 Å². The molecule has 0 fully saturated rings. The van der Waals surface area contributed by atoms with E-state index in [9.17, 15) is 9.90 Å². The number of nitrogens with zero attached hydrogens (tertiary/aromatic N) is 1. The predicted octanol–water partition coefficient (Wildman–Crippen LogP) is 1.84. The van der Waals surface area contributed by atoms with Crippen LogP contribution < -0.4 is 5.32 Å². The van der Waals surface area contributed by atoms with E-state index in [2.05, 4.69) is 10.3 Å². The first-order valence-electron chi connectivity index (χ1n) is 6.51. The Hall–Kier alpha value is -1.07.